The molecule has 0 spiro atoms. The van der Waals surface area contributed by atoms with Crippen LogP contribution in [0.3, 0.4) is 0 Å². The highest BCUT2D eigenvalue weighted by molar-refractivity contribution is 6.04. The summed E-state index contributed by atoms with van der Waals surface area (Å²) in [6.07, 6.45) is 1.43. The van der Waals surface area contributed by atoms with E-state index in [9.17, 15) is 9.59 Å². The Morgan fingerprint density at radius 2 is 1.79 bits per heavy atom. The van der Waals surface area contributed by atoms with Gasteiger partial charge < -0.3 is 15.4 Å². The van der Waals surface area contributed by atoms with Crippen molar-refractivity contribution in [2.24, 2.45) is 5.41 Å². The molecule has 2 N–H and O–H groups in total. The molecule has 0 aliphatic carbocycles. The predicted octanol–water partition coefficient (Wildman–Crippen LogP) is 4.88. The van der Waals surface area contributed by atoms with Gasteiger partial charge in [-0.05, 0) is 62.9 Å². The molecule has 5 nitrogen and oxygen atoms in total. The van der Waals surface area contributed by atoms with Gasteiger partial charge in [-0.1, -0.05) is 38.1 Å². The molecule has 0 aliphatic rings. The smallest absolute Gasteiger partial charge is 0.253 e. The van der Waals surface area contributed by atoms with E-state index in [4.69, 9.17) is 4.74 Å². The van der Waals surface area contributed by atoms with Gasteiger partial charge in [0, 0.05) is 12.0 Å². The largest absolute Gasteiger partial charge is 0.493 e. The van der Waals surface area contributed by atoms with Crippen LogP contribution < -0.4 is 15.4 Å². The second kappa shape index (κ2) is 10.1. The van der Waals surface area contributed by atoms with Crippen LogP contribution in [-0.4, -0.2) is 25.0 Å². The first kappa shape index (κ1) is 22.5. The van der Waals surface area contributed by atoms with Crippen molar-refractivity contribution < 1.29 is 14.3 Å². The summed E-state index contributed by atoms with van der Waals surface area (Å²) >= 11 is 0. The molecule has 2 rings (SSSR count). The number of rotatable bonds is 9. The Kier molecular flexibility index (Phi) is 7.82. The monoisotopic (exact) mass is 396 g/mol. The molecule has 29 heavy (non-hydrogen) atoms. The molecule has 0 bridgehead atoms. The summed E-state index contributed by atoms with van der Waals surface area (Å²) in [5, 5.41) is 5.70. The van der Waals surface area contributed by atoms with Crippen LogP contribution in [0.5, 0.6) is 5.75 Å². The maximum absolute atomic E-state index is 12.8. The Morgan fingerprint density at radius 3 is 2.52 bits per heavy atom. The molecular formula is C24H32N2O3. The molecule has 156 valence electrons. The van der Waals surface area contributed by atoms with Crippen molar-refractivity contribution in [2.75, 3.05) is 18.5 Å². The number of carbonyl (C=O) groups is 2. The van der Waals surface area contributed by atoms with Crippen LogP contribution in [0.2, 0.25) is 0 Å². The van der Waals surface area contributed by atoms with Crippen molar-refractivity contribution in [3.63, 3.8) is 0 Å². The predicted molar refractivity (Wildman–Crippen MR) is 118 cm³/mol. The number of aryl methyl sites for hydroxylation is 2. The zero-order chi connectivity index (χ0) is 21.4. The van der Waals surface area contributed by atoms with Crippen molar-refractivity contribution >= 4 is 17.5 Å². The number of nitrogens with one attached hydrogen (secondary N) is 2. The molecule has 0 aliphatic heterocycles. The van der Waals surface area contributed by atoms with E-state index in [1.54, 1.807) is 18.2 Å². The van der Waals surface area contributed by atoms with E-state index in [1.165, 1.54) is 0 Å². The Balaban J connectivity index is 1.93. The van der Waals surface area contributed by atoms with Gasteiger partial charge in [-0.2, -0.15) is 0 Å². The normalized spacial score (nSPS) is 11.1. The molecular weight excluding hydrogens is 364 g/mol. The van der Waals surface area contributed by atoms with Gasteiger partial charge >= 0.3 is 0 Å². The molecule has 0 saturated carbocycles. The number of hydrogen-bond donors (Lipinski definition) is 2. The maximum atomic E-state index is 12.8. The molecule has 0 heterocycles. The highest BCUT2D eigenvalue weighted by Gasteiger charge is 2.28. The Bertz CT molecular complexity index is 859. The van der Waals surface area contributed by atoms with E-state index < -0.39 is 5.41 Å². The van der Waals surface area contributed by atoms with Crippen molar-refractivity contribution in [2.45, 2.75) is 47.5 Å². The van der Waals surface area contributed by atoms with Crippen LogP contribution >= 0.6 is 0 Å². The van der Waals surface area contributed by atoms with E-state index in [1.807, 2.05) is 52.8 Å². The zero-order valence-electron chi connectivity index (χ0n) is 18.1. The summed E-state index contributed by atoms with van der Waals surface area (Å²) in [4.78, 5) is 25.1. The Morgan fingerprint density at radius 1 is 1.07 bits per heavy atom. The van der Waals surface area contributed by atoms with E-state index in [0.717, 1.165) is 23.3 Å². The second-order valence-corrected chi connectivity index (χ2v) is 7.96. The lowest BCUT2D eigenvalue weighted by molar-refractivity contribution is -0.124. The number of carbonyl (C=O) groups excluding carboxylic acids is 2. The summed E-state index contributed by atoms with van der Waals surface area (Å²) in [6.45, 7) is 10.8. The van der Waals surface area contributed by atoms with E-state index in [2.05, 4.69) is 16.7 Å². The van der Waals surface area contributed by atoms with Crippen LogP contribution in [0, 0.1) is 19.3 Å². The van der Waals surface area contributed by atoms with Crippen LogP contribution in [0.15, 0.2) is 42.5 Å². The number of para-hydroxylation sites is 1. The molecule has 0 radical (unpaired) electrons. The molecule has 0 aromatic heterocycles. The standard InChI is InChI=1S/C24H32N2O3/c1-6-25-22(27)19-10-7-8-11-20(19)26-23(28)24(4,5)14-9-15-29-21-16-17(2)12-13-18(21)3/h7-8,10-13,16H,6,9,14-15H2,1-5H3,(H,25,27)(H,26,28). The average molecular weight is 397 g/mol. The summed E-state index contributed by atoms with van der Waals surface area (Å²) in [5.41, 5.74) is 2.69. The number of ether oxygens (including phenoxy) is 1. The van der Waals surface area contributed by atoms with Crippen LogP contribution in [0.4, 0.5) is 5.69 Å². The minimum atomic E-state index is -0.584. The molecule has 2 aromatic rings. The van der Waals surface area contributed by atoms with Gasteiger partial charge in [0.15, 0.2) is 0 Å². The van der Waals surface area contributed by atoms with Gasteiger partial charge in [0.2, 0.25) is 5.91 Å². The minimum Gasteiger partial charge on any atom is -0.493 e. The highest BCUT2D eigenvalue weighted by atomic mass is 16.5. The fraction of sp³-hybridized carbons (Fsp3) is 0.417. The number of amides is 2. The highest BCUT2D eigenvalue weighted by Crippen LogP contribution is 2.27. The van der Waals surface area contributed by atoms with Gasteiger partial charge in [0.25, 0.3) is 5.91 Å². The van der Waals surface area contributed by atoms with Crippen LogP contribution in [0.25, 0.3) is 0 Å². The molecule has 2 amide bonds. The zero-order valence-corrected chi connectivity index (χ0v) is 18.1. The van der Waals surface area contributed by atoms with Gasteiger partial charge in [-0.15, -0.1) is 0 Å². The fourth-order valence-electron chi connectivity index (χ4n) is 3.01. The molecule has 0 saturated heterocycles. The summed E-state index contributed by atoms with van der Waals surface area (Å²) < 4.78 is 5.90. The number of anilines is 1. The molecule has 0 fully saturated rings. The molecule has 0 atom stereocenters. The molecule has 2 aromatic carbocycles. The van der Waals surface area contributed by atoms with Gasteiger partial charge in [-0.25, -0.2) is 0 Å². The SMILES string of the molecule is CCNC(=O)c1ccccc1NC(=O)C(C)(C)CCCOc1cc(C)ccc1C. The van der Waals surface area contributed by atoms with Crippen molar-refractivity contribution in [1.29, 1.82) is 0 Å². The Labute approximate surface area is 173 Å². The molecule has 0 unspecified atom stereocenters. The van der Waals surface area contributed by atoms with Crippen molar-refractivity contribution in [3.8, 4) is 5.75 Å². The average Bonchev–Trinajstić information content (AvgIpc) is 2.68. The summed E-state index contributed by atoms with van der Waals surface area (Å²) in [5.74, 6) is 0.590. The Hall–Kier alpha value is -2.82. The molecule has 5 heteroatoms. The summed E-state index contributed by atoms with van der Waals surface area (Å²) in [6, 6.07) is 13.2. The van der Waals surface area contributed by atoms with Crippen LogP contribution in [-0.2, 0) is 4.79 Å². The summed E-state index contributed by atoms with van der Waals surface area (Å²) in [7, 11) is 0. The third-order valence-corrected chi connectivity index (χ3v) is 4.92. The van der Waals surface area contributed by atoms with Gasteiger partial charge in [0.05, 0.1) is 17.9 Å². The minimum absolute atomic E-state index is 0.110. The van der Waals surface area contributed by atoms with Crippen molar-refractivity contribution in [3.05, 3.63) is 59.2 Å². The van der Waals surface area contributed by atoms with Crippen LogP contribution in [0.1, 0.15) is 55.1 Å². The second-order valence-electron chi connectivity index (χ2n) is 7.96. The first-order valence-corrected chi connectivity index (χ1v) is 10.1. The lowest BCUT2D eigenvalue weighted by Crippen LogP contribution is -2.32. The lowest BCUT2D eigenvalue weighted by Gasteiger charge is -2.24. The number of benzene rings is 2. The van der Waals surface area contributed by atoms with E-state index in [-0.39, 0.29) is 11.8 Å². The van der Waals surface area contributed by atoms with Gasteiger partial charge in [0.1, 0.15) is 5.75 Å². The van der Waals surface area contributed by atoms with E-state index >= 15 is 0 Å². The maximum Gasteiger partial charge on any atom is 0.253 e. The van der Waals surface area contributed by atoms with Crippen molar-refractivity contribution in [1.82, 2.24) is 5.32 Å². The first-order chi connectivity index (χ1) is 13.7. The fourth-order valence-corrected chi connectivity index (χ4v) is 3.01. The number of hydrogen-bond acceptors (Lipinski definition) is 3. The van der Waals surface area contributed by atoms with E-state index in [0.29, 0.717) is 30.8 Å². The quantitative estimate of drug-likeness (QED) is 0.594. The topological polar surface area (TPSA) is 67.4 Å². The van der Waals surface area contributed by atoms with Gasteiger partial charge in [-0.3, -0.25) is 9.59 Å². The third-order valence-electron chi connectivity index (χ3n) is 4.92. The lowest BCUT2D eigenvalue weighted by atomic mass is 9.86. The first-order valence-electron chi connectivity index (χ1n) is 10.1. The third kappa shape index (κ3) is 6.34.